The van der Waals surface area contributed by atoms with Gasteiger partial charge in [-0.15, -0.1) is 0 Å². The maximum absolute atomic E-state index is 12.1. The molecule has 0 bridgehead atoms. The molecule has 118 valence electrons. The Morgan fingerprint density at radius 3 is 2.26 bits per heavy atom. The number of non-ortho nitro benzene ring substituents is 1. The Labute approximate surface area is 135 Å². The van der Waals surface area contributed by atoms with E-state index in [9.17, 15) is 25.0 Å². The van der Waals surface area contributed by atoms with E-state index in [0.29, 0.717) is 5.02 Å². The van der Waals surface area contributed by atoms with Gasteiger partial charge >= 0.3 is 0 Å². The average molecular weight is 336 g/mol. The third kappa shape index (κ3) is 4.01. The standard InChI is InChI=1S/C14H10ClN3O5/c15-10-3-1-9(2-4-10)8-16-14(19)12-6-5-11(17(20)21)7-13(12)18(22)23/h1-7H,8H2,(H,16,19). The van der Waals surface area contributed by atoms with Gasteiger partial charge in [0, 0.05) is 17.6 Å². The average Bonchev–Trinajstić information content (AvgIpc) is 2.53. The zero-order valence-corrected chi connectivity index (χ0v) is 12.3. The number of nitro groups is 2. The first-order valence-electron chi connectivity index (χ1n) is 6.34. The van der Waals surface area contributed by atoms with E-state index < -0.39 is 27.1 Å². The number of benzene rings is 2. The summed E-state index contributed by atoms with van der Waals surface area (Å²) in [7, 11) is 0. The number of rotatable bonds is 5. The van der Waals surface area contributed by atoms with Crippen LogP contribution in [0.3, 0.4) is 0 Å². The summed E-state index contributed by atoms with van der Waals surface area (Å²) in [5.41, 5.74) is -0.555. The van der Waals surface area contributed by atoms with Crippen LogP contribution in [0.25, 0.3) is 0 Å². The van der Waals surface area contributed by atoms with E-state index in [-0.39, 0.29) is 12.1 Å². The van der Waals surface area contributed by atoms with E-state index in [1.54, 1.807) is 24.3 Å². The molecule has 0 aliphatic heterocycles. The van der Waals surface area contributed by atoms with E-state index in [2.05, 4.69) is 5.32 Å². The molecule has 0 spiro atoms. The zero-order chi connectivity index (χ0) is 17.0. The smallest absolute Gasteiger partial charge is 0.289 e. The van der Waals surface area contributed by atoms with Gasteiger partial charge in [0.05, 0.1) is 15.9 Å². The normalized spacial score (nSPS) is 10.1. The number of carbonyl (C=O) groups is 1. The highest BCUT2D eigenvalue weighted by Crippen LogP contribution is 2.24. The van der Waals surface area contributed by atoms with Gasteiger partial charge in [0.1, 0.15) is 5.56 Å². The van der Waals surface area contributed by atoms with Crippen molar-refractivity contribution < 1.29 is 14.6 Å². The third-order valence-electron chi connectivity index (χ3n) is 3.00. The van der Waals surface area contributed by atoms with Gasteiger partial charge in [0.25, 0.3) is 17.3 Å². The van der Waals surface area contributed by atoms with Gasteiger partial charge in [-0.3, -0.25) is 25.0 Å². The van der Waals surface area contributed by atoms with Crippen LogP contribution in [0, 0.1) is 20.2 Å². The Kier molecular flexibility index (Phi) is 4.87. The van der Waals surface area contributed by atoms with Gasteiger partial charge in [0.15, 0.2) is 0 Å². The molecule has 0 atom stereocenters. The Balaban J connectivity index is 2.19. The van der Waals surface area contributed by atoms with Crippen LogP contribution in [0.2, 0.25) is 5.02 Å². The van der Waals surface area contributed by atoms with Crippen molar-refractivity contribution in [3.05, 3.63) is 78.8 Å². The molecule has 1 N–H and O–H groups in total. The minimum atomic E-state index is -0.829. The molecule has 0 aliphatic rings. The fraction of sp³-hybridized carbons (Fsp3) is 0.0714. The number of carbonyl (C=O) groups excluding carboxylic acids is 1. The van der Waals surface area contributed by atoms with Gasteiger partial charge in [-0.1, -0.05) is 23.7 Å². The second kappa shape index (κ2) is 6.84. The molecule has 0 unspecified atom stereocenters. The van der Waals surface area contributed by atoms with E-state index in [4.69, 9.17) is 11.6 Å². The first-order chi connectivity index (χ1) is 10.9. The first kappa shape index (κ1) is 16.4. The van der Waals surface area contributed by atoms with Crippen molar-refractivity contribution in [1.82, 2.24) is 5.32 Å². The lowest BCUT2D eigenvalue weighted by atomic mass is 10.1. The van der Waals surface area contributed by atoms with Gasteiger partial charge in [-0.2, -0.15) is 0 Å². The van der Waals surface area contributed by atoms with Crippen LogP contribution in [0.5, 0.6) is 0 Å². The van der Waals surface area contributed by atoms with Crippen LogP contribution in [-0.4, -0.2) is 15.8 Å². The van der Waals surface area contributed by atoms with Gasteiger partial charge < -0.3 is 5.32 Å². The van der Waals surface area contributed by atoms with Crippen LogP contribution in [0.4, 0.5) is 11.4 Å². The molecule has 2 aromatic carbocycles. The second-order valence-corrected chi connectivity index (χ2v) is 4.96. The zero-order valence-electron chi connectivity index (χ0n) is 11.6. The summed E-state index contributed by atoms with van der Waals surface area (Å²) in [6.07, 6.45) is 0. The predicted octanol–water partition coefficient (Wildman–Crippen LogP) is 3.09. The Hall–Kier alpha value is -3.00. The number of nitrogens with one attached hydrogen (secondary N) is 1. The van der Waals surface area contributed by atoms with Crippen LogP contribution >= 0.6 is 11.6 Å². The molecular formula is C14H10ClN3O5. The van der Waals surface area contributed by atoms with Crippen molar-refractivity contribution in [2.24, 2.45) is 0 Å². The summed E-state index contributed by atoms with van der Waals surface area (Å²) in [5.74, 6) is -0.693. The molecule has 2 rings (SSSR count). The van der Waals surface area contributed by atoms with Gasteiger partial charge in [0.2, 0.25) is 0 Å². The highest BCUT2D eigenvalue weighted by molar-refractivity contribution is 6.30. The molecule has 8 nitrogen and oxygen atoms in total. The Morgan fingerprint density at radius 1 is 1.04 bits per heavy atom. The number of hydrogen-bond donors (Lipinski definition) is 1. The summed E-state index contributed by atoms with van der Waals surface area (Å²) in [4.78, 5) is 32.2. The van der Waals surface area contributed by atoms with E-state index >= 15 is 0 Å². The number of halogens is 1. The molecule has 0 saturated carbocycles. The van der Waals surface area contributed by atoms with Crippen LogP contribution in [0.15, 0.2) is 42.5 Å². The first-order valence-corrected chi connectivity index (χ1v) is 6.72. The maximum atomic E-state index is 12.1. The molecule has 23 heavy (non-hydrogen) atoms. The fourth-order valence-corrected chi connectivity index (χ4v) is 1.98. The monoisotopic (exact) mass is 335 g/mol. The molecule has 0 saturated heterocycles. The minimum Gasteiger partial charge on any atom is -0.348 e. The largest absolute Gasteiger partial charge is 0.348 e. The lowest BCUT2D eigenvalue weighted by molar-refractivity contribution is -0.394. The summed E-state index contributed by atoms with van der Waals surface area (Å²) in [6.45, 7) is 0.143. The van der Waals surface area contributed by atoms with E-state index in [1.807, 2.05) is 0 Å². The van der Waals surface area contributed by atoms with Gasteiger partial charge in [-0.05, 0) is 23.8 Å². The maximum Gasteiger partial charge on any atom is 0.289 e. The number of hydrogen-bond acceptors (Lipinski definition) is 5. The van der Waals surface area contributed by atoms with Crippen LogP contribution in [-0.2, 0) is 6.54 Å². The molecule has 9 heteroatoms. The minimum absolute atomic E-state index is 0.143. The summed E-state index contributed by atoms with van der Waals surface area (Å²) in [6, 6.07) is 9.57. The lowest BCUT2D eigenvalue weighted by Crippen LogP contribution is -2.23. The number of nitro benzene ring substituents is 2. The van der Waals surface area contributed by atoms with E-state index in [1.165, 1.54) is 0 Å². The molecule has 0 aliphatic carbocycles. The topological polar surface area (TPSA) is 115 Å². The second-order valence-electron chi connectivity index (χ2n) is 4.52. The van der Waals surface area contributed by atoms with Crippen LogP contribution in [0.1, 0.15) is 15.9 Å². The summed E-state index contributed by atoms with van der Waals surface area (Å²) < 4.78 is 0. The van der Waals surface area contributed by atoms with Crippen molar-refractivity contribution >= 4 is 28.9 Å². The summed E-state index contributed by atoms with van der Waals surface area (Å²) in [5, 5.41) is 24.7. The van der Waals surface area contributed by atoms with E-state index in [0.717, 1.165) is 23.8 Å². The number of amides is 1. The van der Waals surface area contributed by atoms with Crippen LogP contribution < -0.4 is 5.32 Å². The summed E-state index contributed by atoms with van der Waals surface area (Å²) >= 11 is 5.75. The lowest BCUT2D eigenvalue weighted by Gasteiger charge is -2.06. The molecule has 0 heterocycles. The molecular weight excluding hydrogens is 326 g/mol. The van der Waals surface area contributed by atoms with Gasteiger partial charge in [-0.25, -0.2) is 0 Å². The fourth-order valence-electron chi connectivity index (χ4n) is 1.86. The van der Waals surface area contributed by atoms with Crippen molar-refractivity contribution in [1.29, 1.82) is 0 Å². The molecule has 0 aromatic heterocycles. The molecule has 2 aromatic rings. The molecule has 1 amide bonds. The van der Waals surface area contributed by atoms with Crippen molar-refractivity contribution in [2.45, 2.75) is 6.54 Å². The highest BCUT2D eigenvalue weighted by Gasteiger charge is 2.23. The number of nitrogens with zero attached hydrogens (tertiary/aromatic N) is 2. The third-order valence-corrected chi connectivity index (χ3v) is 3.25. The van der Waals surface area contributed by atoms with Crippen molar-refractivity contribution in [3.63, 3.8) is 0 Å². The van der Waals surface area contributed by atoms with Crippen molar-refractivity contribution in [3.8, 4) is 0 Å². The Morgan fingerprint density at radius 2 is 1.70 bits per heavy atom. The van der Waals surface area contributed by atoms with Crippen molar-refractivity contribution in [2.75, 3.05) is 0 Å². The SMILES string of the molecule is O=C(NCc1ccc(Cl)cc1)c1ccc([N+](=O)[O-])cc1[N+](=O)[O-]. The molecule has 0 fully saturated rings. The predicted molar refractivity (Wildman–Crippen MR) is 82.4 cm³/mol. The quantitative estimate of drug-likeness (QED) is 0.665. The Bertz CT molecular complexity index is 776. The molecule has 0 radical (unpaired) electrons. The highest BCUT2D eigenvalue weighted by atomic mass is 35.5.